The standard InChI is InChI=1S/C13H12N2O6/c16-11(8-2-1-3-9(6-8)15(19)20)7-21-13(18)10-4-5-12(17)14-10/h1-3,6,10H,4-5,7H2,(H,14,17). The maximum absolute atomic E-state index is 11.8. The van der Waals surface area contributed by atoms with Crippen LogP contribution in [0, 0.1) is 10.1 Å². The number of nitrogens with one attached hydrogen (secondary N) is 1. The Kier molecular flexibility index (Phi) is 4.27. The third-order valence-electron chi connectivity index (χ3n) is 3.00. The van der Waals surface area contributed by atoms with Crippen LogP contribution in [0.2, 0.25) is 0 Å². The first-order valence-corrected chi connectivity index (χ1v) is 6.21. The van der Waals surface area contributed by atoms with Gasteiger partial charge in [-0.25, -0.2) is 4.79 Å². The van der Waals surface area contributed by atoms with Crippen molar-refractivity contribution in [2.24, 2.45) is 0 Å². The number of ether oxygens (including phenoxy) is 1. The number of amides is 1. The smallest absolute Gasteiger partial charge is 0.329 e. The molecule has 1 saturated heterocycles. The Bertz CT molecular complexity index is 612. The van der Waals surface area contributed by atoms with E-state index in [9.17, 15) is 24.5 Å². The van der Waals surface area contributed by atoms with Gasteiger partial charge in [-0.3, -0.25) is 19.7 Å². The predicted octanol–water partition coefficient (Wildman–Crippen LogP) is 0.599. The van der Waals surface area contributed by atoms with Crippen LogP contribution in [0.25, 0.3) is 0 Å². The molecule has 1 atom stereocenters. The summed E-state index contributed by atoms with van der Waals surface area (Å²) in [4.78, 5) is 44.4. The lowest BCUT2D eigenvalue weighted by molar-refractivity contribution is -0.384. The first-order chi connectivity index (χ1) is 9.97. The summed E-state index contributed by atoms with van der Waals surface area (Å²) in [5.41, 5.74) is -0.123. The minimum Gasteiger partial charge on any atom is -0.456 e. The molecule has 0 spiro atoms. The highest BCUT2D eigenvalue weighted by molar-refractivity contribution is 5.99. The second-order valence-corrected chi connectivity index (χ2v) is 4.50. The van der Waals surface area contributed by atoms with E-state index in [4.69, 9.17) is 4.74 Å². The quantitative estimate of drug-likeness (QED) is 0.367. The number of Topliss-reactive ketones (excluding diaryl/α,β-unsaturated/α-hetero) is 1. The molecule has 1 heterocycles. The number of hydrogen-bond acceptors (Lipinski definition) is 6. The molecule has 1 aromatic carbocycles. The largest absolute Gasteiger partial charge is 0.456 e. The summed E-state index contributed by atoms with van der Waals surface area (Å²) in [6, 6.07) is 4.44. The van der Waals surface area contributed by atoms with Crippen molar-refractivity contribution in [3.63, 3.8) is 0 Å². The zero-order valence-electron chi connectivity index (χ0n) is 10.9. The Morgan fingerprint density at radius 3 is 2.81 bits per heavy atom. The Balaban J connectivity index is 1.92. The van der Waals surface area contributed by atoms with Gasteiger partial charge in [-0.2, -0.15) is 0 Å². The van der Waals surface area contributed by atoms with E-state index < -0.39 is 29.3 Å². The molecule has 0 radical (unpaired) electrons. The first kappa shape index (κ1) is 14.6. The van der Waals surface area contributed by atoms with Crippen molar-refractivity contribution >= 4 is 23.3 Å². The third-order valence-corrected chi connectivity index (χ3v) is 3.00. The molecule has 1 unspecified atom stereocenters. The predicted molar refractivity (Wildman–Crippen MR) is 69.6 cm³/mol. The van der Waals surface area contributed by atoms with E-state index in [-0.39, 0.29) is 23.6 Å². The number of ketones is 1. The van der Waals surface area contributed by atoms with Gasteiger partial charge in [0.15, 0.2) is 6.61 Å². The number of nitro groups is 1. The average Bonchev–Trinajstić information content (AvgIpc) is 2.91. The lowest BCUT2D eigenvalue weighted by Crippen LogP contribution is -2.35. The summed E-state index contributed by atoms with van der Waals surface area (Å²) in [6.45, 7) is -0.521. The van der Waals surface area contributed by atoms with E-state index in [0.717, 1.165) is 6.07 Å². The monoisotopic (exact) mass is 292 g/mol. The minimum absolute atomic E-state index is 0.0902. The summed E-state index contributed by atoms with van der Waals surface area (Å²) in [6.07, 6.45) is 0.585. The van der Waals surface area contributed by atoms with Gasteiger partial charge in [0.2, 0.25) is 11.7 Å². The van der Waals surface area contributed by atoms with E-state index in [1.54, 1.807) is 0 Å². The van der Waals surface area contributed by atoms with Gasteiger partial charge in [0.05, 0.1) is 4.92 Å². The molecule has 2 rings (SSSR count). The molecule has 21 heavy (non-hydrogen) atoms. The number of hydrogen-bond donors (Lipinski definition) is 1. The highest BCUT2D eigenvalue weighted by Gasteiger charge is 2.28. The number of non-ortho nitro benzene ring substituents is 1. The summed E-state index contributed by atoms with van der Waals surface area (Å²) >= 11 is 0. The molecule has 1 aliphatic rings. The van der Waals surface area contributed by atoms with Crippen molar-refractivity contribution in [1.29, 1.82) is 0 Å². The lowest BCUT2D eigenvalue weighted by Gasteiger charge is -2.09. The van der Waals surface area contributed by atoms with E-state index in [1.807, 2.05) is 0 Å². The van der Waals surface area contributed by atoms with Crippen LogP contribution in [-0.4, -0.2) is 35.2 Å². The Morgan fingerprint density at radius 2 is 2.19 bits per heavy atom. The van der Waals surface area contributed by atoms with Crippen LogP contribution in [0.1, 0.15) is 23.2 Å². The molecule has 0 aromatic heterocycles. The molecule has 1 aromatic rings. The van der Waals surface area contributed by atoms with Crippen molar-refractivity contribution in [1.82, 2.24) is 5.32 Å². The van der Waals surface area contributed by atoms with Crippen LogP contribution in [0.15, 0.2) is 24.3 Å². The number of nitro benzene ring substituents is 1. The Labute approximate surface area is 119 Å². The Morgan fingerprint density at radius 1 is 1.43 bits per heavy atom. The summed E-state index contributed by atoms with van der Waals surface area (Å²) in [5, 5.41) is 13.0. The van der Waals surface area contributed by atoms with E-state index in [1.165, 1.54) is 18.2 Å². The van der Waals surface area contributed by atoms with Crippen molar-refractivity contribution in [2.75, 3.05) is 6.61 Å². The second-order valence-electron chi connectivity index (χ2n) is 4.50. The fourth-order valence-electron chi connectivity index (χ4n) is 1.90. The van der Waals surface area contributed by atoms with Crippen molar-refractivity contribution < 1.29 is 24.0 Å². The van der Waals surface area contributed by atoms with Gasteiger partial charge in [-0.1, -0.05) is 12.1 Å². The number of esters is 1. The number of benzene rings is 1. The molecule has 1 N–H and O–H groups in total. The van der Waals surface area contributed by atoms with Gasteiger partial charge in [-0.15, -0.1) is 0 Å². The normalized spacial score (nSPS) is 17.1. The van der Waals surface area contributed by atoms with E-state index in [2.05, 4.69) is 5.32 Å². The van der Waals surface area contributed by atoms with Crippen LogP contribution in [0.5, 0.6) is 0 Å². The molecule has 1 amide bonds. The maximum atomic E-state index is 11.8. The molecule has 0 bridgehead atoms. The molecular weight excluding hydrogens is 280 g/mol. The third kappa shape index (κ3) is 3.62. The molecule has 0 aliphatic carbocycles. The molecule has 8 heteroatoms. The van der Waals surface area contributed by atoms with Gasteiger partial charge in [-0.05, 0) is 6.42 Å². The van der Waals surface area contributed by atoms with E-state index >= 15 is 0 Å². The van der Waals surface area contributed by atoms with Crippen molar-refractivity contribution in [3.8, 4) is 0 Å². The zero-order valence-corrected chi connectivity index (χ0v) is 10.9. The molecular formula is C13H12N2O6. The molecule has 1 fully saturated rings. The lowest BCUT2D eigenvalue weighted by atomic mass is 10.1. The number of nitrogens with zero attached hydrogens (tertiary/aromatic N) is 1. The molecule has 0 saturated carbocycles. The molecule has 1 aliphatic heterocycles. The summed E-state index contributed by atoms with van der Waals surface area (Å²) in [5.74, 6) is -1.46. The van der Waals surface area contributed by atoms with Gasteiger partial charge >= 0.3 is 5.97 Å². The number of carbonyl (C=O) groups excluding carboxylic acids is 3. The van der Waals surface area contributed by atoms with E-state index in [0.29, 0.717) is 6.42 Å². The van der Waals surface area contributed by atoms with Crippen molar-refractivity contribution in [2.45, 2.75) is 18.9 Å². The maximum Gasteiger partial charge on any atom is 0.329 e. The number of carbonyl (C=O) groups is 3. The topological polar surface area (TPSA) is 116 Å². The first-order valence-electron chi connectivity index (χ1n) is 6.21. The average molecular weight is 292 g/mol. The summed E-state index contributed by atoms with van der Waals surface area (Å²) in [7, 11) is 0. The van der Waals surface area contributed by atoms with Gasteiger partial charge in [0.1, 0.15) is 6.04 Å². The fourth-order valence-corrected chi connectivity index (χ4v) is 1.90. The molecule has 110 valence electrons. The van der Waals surface area contributed by atoms with Gasteiger partial charge in [0, 0.05) is 24.1 Å². The van der Waals surface area contributed by atoms with Gasteiger partial charge < -0.3 is 10.1 Å². The van der Waals surface area contributed by atoms with Crippen LogP contribution in [0.3, 0.4) is 0 Å². The summed E-state index contributed by atoms with van der Waals surface area (Å²) < 4.78 is 4.82. The van der Waals surface area contributed by atoms with Crippen LogP contribution in [-0.2, 0) is 14.3 Å². The number of rotatable bonds is 5. The fraction of sp³-hybridized carbons (Fsp3) is 0.308. The van der Waals surface area contributed by atoms with Crippen LogP contribution in [0.4, 0.5) is 5.69 Å². The Hall–Kier alpha value is -2.77. The van der Waals surface area contributed by atoms with Gasteiger partial charge in [0.25, 0.3) is 5.69 Å². The second kappa shape index (κ2) is 6.12. The zero-order chi connectivity index (χ0) is 15.4. The highest BCUT2D eigenvalue weighted by atomic mass is 16.6. The molecule has 8 nitrogen and oxygen atoms in total. The van der Waals surface area contributed by atoms with Crippen LogP contribution >= 0.6 is 0 Å². The highest BCUT2D eigenvalue weighted by Crippen LogP contribution is 2.14. The SMILES string of the molecule is O=C1CCC(C(=O)OCC(=O)c2cccc([N+](=O)[O-])c2)N1. The van der Waals surface area contributed by atoms with Crippen LogP contribution < -0.4 is 5.32 Å². The van der Waals surface area contributed by atoms with Crippen molar-refractivity contribution in [3.05, 3.63) is 39.9 Å². The minimum atomic E-state index is -0.726.